The van der Waals surface area contributed by atoms with Gasteiger partial charge in [-0.05, 0) is 68.7 Å². The lowest BCUT2D eigenvalue weighted by molar-refractivity contribution is 0.380. The predicted molar refractivity (Wildman–Crippen MR) is 122 cm³/mol. The molecule has 4 heteroatoms. The van der Waals surface area contributed by atoms with Crippen molar-refractivity contribution in [3.8, 4) is 0 Å². The molecule has 0 saturated heterocycles. The number of hydrogen-bond acceptors (Lipinski definition) is 2. The molecule has 2 rings (SSSR count). The highest BCUT2D eigenvalue weighted by molar-refractivity contribution is 5.21. The van der Waals surface area contributed by atoms with Crippen molar-refractivity contribution < 1.29 is 0 Å². The average molecular weight is 389 g/mol. The summed E-state index contributed by atoms with van der Waals surface area (Å²) in [6.45, 7) is 20.7. The Balaban J connectivity index is 0.000000504. The van der Waals surface area contributed by atoms with Gasteiger partial charge in [-0.2, -0.15) is 0 Å². The number of hydrogen-bond donors (Lipinski definition) is 0. The maximum atomic E-state index is 11.5. The van der Waals surface area contributed by atoms with Crippen molar-refractivity contribution in [3.63, 3.8) is 0 Å². The van der Waals surface area contributed by atoms with E-state index in [-0.39, 0.29) is 29.4 Å². The van der Waals surface area contributed by atoms with Crippen molar-refractivity contribution >= 4 is 0 Å². The van der Waals surface area contributed by atoms with E-state index in [4.69, 9.17) is 0 Å². The second kappa shape index (κ2) is 9.40. The second-order valence-electron chi connectivity index (χ2n) is 9.08. The summed E-state index contributed by atoms with van der Waals surface area (Å²) < 4.78 is 4.31. The molecule has 0 saturated carbocycles. The Morgan fingerprint density at radius 3 is 1.54 bits per heavy atom. The van der Waals surface area contributed by atoms with E-state index in [0.29, 0.717) is 0 Å². The molecule has 0 N–H and O–H groups in total. The summed E-state index contributed by atoms with van der Waals surface area (Å²) in [5, 5.41) is 0. The van der Waals surface area contributed by atoms with Crippen LogP contribution in [0.1, 0.15) is 78.4 Å². The van der Waals surface area contributed by atoms with Crippen LogP contribution in [-0.2, 0) is 17.5 Å². The zero-order chi connectivity index (χ0) is 21.2. The molecule has 0 fully saturated rings. The molecule has 0 aliphatic rings. The average Bonchev–Trinajstić information content (AvgIpc) is 2.53. The van der Waals surface area contributed by atoms with Crippen LogP contribution in [0.3, 0.4) is 0 Å². The van der Waals surface area contributed by atoms with Crippen LogP contribution < -0.4 is 10.9 Å². The van der Waals surface area contributed by atoms with Crippen LogP contribution in [0.15, 0.2) is 34.1 Å². The third-order valence-corrected chi connectivity index (χ3v) is 4.90. The minimum Gasteiger partial charge on any atom is -0.346 e. The summed E-state index contributed by atoms with van der Waals surface area (Å²) in [6, 6.07) is 3.29. The van der Waals surface area contributed by atoms with E-state index in [1.807, 2.05) is 33.2 Å². The molecule has 0 aliphatic heterocycles. The SMILES string of the molecule is C.CCc1c(C)c(=O)ccn1C(C)(C)C.Cc1c(C)n(C(C)(C)C)ccc1=O. The first-order valence-corrected chi connectivity index (χ1v) is 9.62. The second-order valence-corrected chi connectivity index (χ2v) is 9.08. The topological polar surface area (TPSA) is 44.0 Å². The van der Waals surface area contributed by atoms with Crippen molar-refractivity contribution in [2.24, 2.45) is 0 Å². The molecule has 2 aromatic rings. The number of aromatic nitrogens is 2. The van der Waals surface area contributed by atoms with Crippen LogP contribution in [0, 0.1) is 20.8 Å². The van der Waals surface area contributed by atoms with Gasteiger partial charge in [0.05, 0.1) is 0 Å². The fourth-order valence-corrected chi connectivity index (χ4v) is 3.21. The molecule has 0 aromatic carbocycles. The maximum Gasteiger partial charge on any atom is 0.184 e. The standard InChI is InChI=1S/C12H19NO.C11H17NO.CH4/c1-6-10-9(2)11(14)7-8-13(10)12(3,4)5;1-8-9(2)12(11(3,4)5)7-6-10(8)13;/h7-8H,6H2,1-5H3;6-7H,1-5H3;1H4. The van der Waals surface area contributed by atoms with Crippen LogP contribution in [0.2, 0.25) is 0 Å². The predicted octanol–water partition coefficient (Wildman–Crippen LogP) is 5.33. The lowest BCUT2D eigenvalue weighted by Gasteiger charge is -2.27. The number of pyridine rings is 2. The molecule has 0 aliphatic carbocycles. The van der Waals surface area contributed by atoms with Crippen LogP contribution in [0.5, 0.6) is 0 Å². The summed E-state index contributed by atoms with van der Waals surface area (Å²) in [5.41, 5.74) is 4.28. The van der Waals surface area contributed by atoms with Gasteiger partial charge in [-0.3, -0.25) is 9.59 Å². The molecule has 2 aromatic heterocycles. The molecule has 0 bridgehead atoms. The summed E-state index contributed by atoms with van der Waals surface area (Å²) >= 11 is 0. The molecular formula is C24H40N2O2. The molecule has 158 valence electrons. The summed E-state index contributed by atoms with van der Waals surface area (Å²) in [5.74, 6) is 0. The fraction of sp³-hybridized carbons (Fsp3) is 0.583. The van der Waals surface area contributed by atoms with E-state index < -0.39 is 0 Å². The molecule has 2 heterocycles. The fourth-order valence-electron chi connectivity index (χ4n) is 3.21. The molecule has 0 atom stereocenters. The van der Waals surface area contributed by atoms with E-state index >= 15 is 0 Å². The molecule has 28 heavy (non-hydrogen) atoms. The third kappa shape index (κ3) is 5.95. The van der Waals surface area contributed by atoms with E-state index in [2.05, 4.69) is 57.6 Å². The Kier molecular flexibility index (Phi) is 8.69. The monoisotopic (exact) mass is 388 g/mol. The van der Waals surface area contributed by atoms with Gasteiger partial charge in [0.2, 0.25) is 0 Å². The van der Waals surface area contributed by atoms with Gasteiger partial charge in [0.1, 0.15) is 0 Å². The van der Waals surface area contributed by atoms with Crippen LogP contribution in [0.4, 0.5) is 0 Å². The summed E-state index contributed by atoms with van der Waals surface area (Å²) in [6.07, 6.45) is 4.66. The molecule has 0 spiro atoms. The van der Waals surface area contributed by atoms with Gasteiger partial charge in [0.25, 0.3) is 0 Å². The van der Waals surface area contributed by atoms with E-state index in [9.17, 15) is 9.59 Å². The Morgan fingerprint density at radius 2 is 1.14 bits per heavy atom. The minimum atomic E-state index is 0. The number of nitrogens with zero attached hydrogens (tertiary/aromatic N) is 2. The van der Waals surface area contributed by atoms with Gasteiger partial charge in [-0.1, -0.05) is 14.4 Å². The van der Waals surface area contributed by atoms with E-state index in [0.717, 1.165) is 28.9 Å². The van der Waals surface area contributed by atoms with Crippen molar-refractivity contribution in [1.29, 1.82) is 0 Å². The van der Waals surface area contributed by atoms with E-state index in [1.165, 1.54) is 0 Å². The molecule has 0 radical (unpaired) electrons. The molecule has 4 nitrogen and oxygen atoms in total. The van der Waals surface area contributed by atoms with Crippen molar-refractivity contribution in [1.82, 2.24) is 9.13 Å². The Bertz CT molecular complexity index is 904. The summed E-state index contributed by atoms with van der Waals surface area (Å²) in [7, 11) is 0. The minimum absolute atomic E-state index is 0. The van der Waals surface area contributed by atoms with Crippen molar-refractivity contribution in [3.05, 3.63) is 67.5 Å². The highest BCUT2D eigenvalue weighted by Gasteiger charge is 2.16. The van der Waals surface area contributed by atoms with Gasteiger partial charge in [-0.15, -0.1) is 0 Å². The maximum absolute atomic E-state index is 11.5. The molecule has 0 amide bonds. The van der Waals surface area contributed by atoms with Gasteiger partial charge < -0.3 is 9.13 Å². The lowest BCUT2D eigenvalue weighted by atomic mass is 10.0. The smallest absolute Gasteiger partial charge is 0.184 e. The van der Waals surface area contributed by atoms with Gasteiger partial charge in [0, 0.05) is 58.1 Å². The van der Waals surface area contributed by atoms with Crippen molar-refractivity contribution in [2.75, 3.05) is 0 Å². The zero-order valence-electron chi connectivity index (χ0n) is 18.7. The first-order valence-electron chi connectivity index (χ1n) is 9.62. The molecule has 0 unspecified atom stereocenters. The highest BCUT2D eigenvalue weighted by atomic mass is 16.1. The van der Waals surface area contributed by atoms with E-state index in [1.54, 1.807) is 12.1 Å². The van der Waals surface area contributed by atoms with Crippen LogP contribution in [0.25, 0.3) is 0 Å². The van der Waals surface area contributed by atoms with Gasteiger partial charge in [-0.25, -0.2) is 0 Å². The third-order valence-electron chi connectivity index (χ3n) is 4.90. The Hall–Kier alpha value is -2.10. The molecular weight excluding hydrogens is 348 g/mol. The van der Waals surface area contributed by atoms with Crippen molar-refractivity contribution in [2.45, 2.75) is 94.2 Å². The quantitative estimate of drug-likeness (QED) is 0.663. The zero-order valence-corrected chi connectivity index (χ0v) is 18.7. The largest absolute Gasteiger partial charge is 0.346 e. The Labute approximate surface area is 171 Å². The van der Waals surface area contributed by atoms with Crippen LogP contribution in [-0.4, -0.2) is 9.13 Å². The van der Waals surface area contributed by atoms with Crippen LogP contribution >= 0.6 is 0 Å². The first-order chi connectivity index (χ1) is 12.2. The lowest BCUT2D eigenvalue weighted by Crippen LogP contribution is -2.28. The van der Waals surface area contributed by atoms with Gasteiger partial charge >= 0.3 is 0 Å². The highest BCUT2D eigenvalue weighted by Crippen LogP contribution is 2.18. The Morgan fingerprint density at radius 1 is 0.750 bits per heavy atom. The van der Waals surface area contributed by atoms with Gasteiger partial charge in [0.15, 0.2) is 10.9 Å². The normalized spacial score (nSPS) is 11.4. The summed E-state index contributed by atoms with van der Waals surface area (Å²) in [4.78, 5) is 22.8. The first kappa shape index (κ1) is 25.9. The number of rotatable bonds is 1.